The van der Waals surface area contributed by atoms with E-state index >= 15 is 0 Å². The summed E-state index contributed by atoms with van der Waals surface area (Å²) in [5.74, 6) is -3.02. The molecule has 0 fully saturated rings. The van der Waals surface area contributed by atoms with E-state index in [1.165, 1.54) is 0 Å². The summed E-state index contributed by atoms with van der Waals surface area (Å²) < 4.78 is 5.13. The molecule has 2 N–H and O–H groups in total. The zero-order chi connectivity index (χ0) is 13.8. The lowest BCUT2D eigenvalue weighted by atomic mass is 9.90. The van der Waals surface area contributed by atoms with Crippen LogP contribution in [-0.4, -0.2) is 35.7 Å². The van der Waals surface area contributed by atoms with Crippen molar-refractivity contribution in [1.82, 2.24) is 5.32 Å². The lowest BCUT2D eigenvalue weighted by Gasteiger charge is -2.28. The second-order valence-corrected chi connectivity index (χ2v) is 5.41. The third kappa shape index (κ3) is 5.17. The highest BCUT2D eigenvalue weighted by Crippen LogP contribution is 2.18. The smallest absolute Gasteiger partial charge is 0.322 e. The third-order valence-corrected chi connectivity index (χ3v) is 2.34. The topological polar surface area (TPSA) is 75.6 Å². The van der Waals surface area contributed by atoms with E-state index in [0.717, 1.165) is 0 Å². The fraction of sp³-hybridized carbons (Fsp3) is 0.833. The molecule has 0 aliphatic carbocycles. The number of hydrogen-bond acceptors (Lipinski definition) is 4. The maximum Gasteiger partial charge on any atom is 0.322 e. The molecule has 0 aliphatic heterocycles. The van der Waals surface area contributed by atoms with Crippen molar-refractivity contribution in [1.29, 1.82) is 0 Å². The molecule has 0 saturated heterocycles. The summed E-state index contributed by atoms with van der Waals surface area (Å²) >= 11 is 0. The van der Waals surface area contributed by atoms with Crippen molar-refractivity contribution in [2.45, 2.75) is 46.3 Å². The van der Waals surface area contributed by atoms with Gasteiger partial charge in [-0.15, -0.1) is 0 Å². The van der Waals surface area contributed by atoms with E-state index in [9.17, 15) is 9.59 Å². The number of rotatable bonds is 5. The molecular formula is C12H23NO4. The number of carboxylic acid groups (broad SMARTS) is 1. The molecule has 0 spiro atoms. The second kappa shape index (κ2) is 6.00. The van der Waals surface area contributed by atoms with Crippen LogP contribution >= 0.6 is 0 Å². The molecule has 0 rings (SSSR count). The highest BCUT2D eigenvalue weighted by atomic mass is 16.6. The Balaban J connectivity index is 4.97. The van der Waals surface area contributed by atoms with Gasteiger partial charge in [-0.25, -0.2) is 0 Å². The second-order valence-electron chi connectivity index (χ2n) is 5.41. The minimum atomic E-state index is -1.18. The van der Waals surface area contributed by atoms with Gasteiger partial charge in [-0.3, -0.25) is 9.59 Å². The van der Waals surface area contributed by atoms with Crippen molar-refractivity contribution in [3.05, 3.63) is 0 Å². The normalized spacial score (nSPS) is 15.5. The molecule has 0 aliphatic rings. The van der Waals surface area contributed by atoms with Crippen LogP contribution in [0.4, 0.5) is 0 Å². The van der Waals surface area contributed by atoms with Gasteiger partial charge in [0.2, 0.25) is 0 Å². The van der Waals surface area contributed by atoms with Gasteiger partial charge in [0.25, 0.3) is 0 Å². The summed E-state index contributed by atoms with van der Waals surface area (Å²) in [7, 11) is 1.64. The summed E-state index contributed by atoms with van der Waals surface area (Å²) in [5, 5.41) is 12.0. The third-order valence-electron chi connectivity index (χ3n) is 2.34. The number of carbonyl (C=O) groups excluding carboxylic acids is 1. The molecule has 0 heterocycles. The van der Waals surface area contributed by atoms with Crippen LogP contribution in [0.5, 0.6) is 0 Å². The Morgan fingerprint density at radius 2 is 1.71 bits per heavy atom. The Labute approximate surface area is 103 Å². The first-order valence-corrected chi connectivity index (χ1v) is 5.73. The molecule has 5 heteroatoms. The maximum absolute atomic E-state index is 11.9. The average molecular weight is 245 g/mol. The summed E-state index contributed by atoms with van der Waals surface area (Å²) in [6.45, 7) is 8.87. The number of nitrogens with one attached hydrogen (secondary N) is 1. The summed E-state index contributed by atoms with van der Waals surface area (Å²) in [6.07, 6.45) is 0. The SMILES string of the molecule is CN[C@H](C(C)C)C(C(=O)O)C(=O)OC(C)(C)C. The predicted molar refractivity (Wildman–Crippen MR) is 64.7 cm³/mol. The van der Waals surface area contributed by atoms with Crippen molar-refractivity contribution >= 4 is 11.9 Å². The van der Waals surface area contributed by atoms with Gasteiger partial charge in [-0.05, 0) is 33.7 Å². The van der Waals surface area contributed by atoms with E-state index in [1.807, 2.05) is 13.8 Å². The van der Waals surface area contributed by atoms with Crippen molar-refractivity contribution < 1.29 is 19.4 Å². The Morgan fingerprint density at radius 3 is 1.94 bits per heavy atom. The maximum atomic E-state index is 11.9. The van der Waals surface area contributed by atoms with Crippen LogP contribution in [0.1, 0.15) is 34.6 Å². The van der Waals surface area contributed by atoms with Gasteiger partial charge < -0.3 is 15.2 Å². The standard InChI is InChI=1S/C12H23NO4/c1-7(2)9(13-6)8(10(14)15)11(16)17-12(3,4)5/h7-9,13H,1-6H3,(H,14,15)/t8?,9-/m1/s1. The van der Waals surface area contributed by atoms with Crippen molar-refractivity contribution in [3.8, 4) is 0 Å². The number of aliphatic carboxylic acids is 1. The van der Waals surface area contributed by atoms with E-state index in [2.05, 4.69) is 5.32 Å². The zero-order valence-electron chi connectivity index (χ0n) is 11.4. The van der Waals surface area contributed by atoms with Crippen LogP contribution in [0.3, 0.4) is 0 Å². The Kier molecular flexibility index (Phi) is 5.61. The van der Waals surface area contributed by atoms with Crippen molar-refractivity contribution in [2.24, 2.45) is 11.8 Å². The first kappa shape index (κ1) is 15.9. The van der Waals surface area contributed by atoms with Crippen LogP contribution in [-0.2, 0) is 14.3 Å². The van der Waals surface area contributed by atoms with Gasteiger partial charge in [0.1, 0.15) is 5.60 Å². The fourth-order valence-corrected chi connectivity index (χ4v) is 1.65. The van der Waals surface area contributed by atoms with Gasteiger partial charge >= 0.3 is 11.9 Å². The molecule has 0 radical (unpaired) electrons. The summed E-state index contributed by atoms with van der Waals surface area (Å²) in [6, 6.07) is -0.442. The molecule has 1 unspecified atom stereocenters. The molecule has 5 nitrogen and oxygen atoms in total. The number of carbonyl (C=O) groups is 2. The first-order valence-electron chi connectivity index (χ1n) is 5.73. The number of hydrogen-bond donors (Lipinski definition) is 2. The highest BCUT2D eigenvalue weighted by Gasteiger charge is 2.38. The Bertz CT molecular complexity index is 281. The fourth-order valence-electron chi connectivity index (χ4n) is 1.65. The van der Waals surface area contributed by atoms with Crippen LogP contribution < -0.4 is 5.32 Å². The quantitative estimate of drug-likeness (QED) is 0.563. The summed E-state index contributed by atoms with van der Waals surface area (Å²) in [5.41, 5.74) is -0.681. The Morgan fingerprint density at radius 1 is 1.24 bits per heavy atom. The molecule has 0 bridgehead atoms. The van der Waals surface area contributed by atoms with Crippen LogP contribution in [0.2, 0.25) is 0 Å². The molecule has 100 valence electrons. The van der Waals surface area contributed by atoms with Crippen LogP contribution in [0.25, 0.3) is 0 Å². The summed E-state index contributed by atoms with van der Waals surface area (Å²) in [4.78, 5) is 23.1. The van der Waals surface area contributed by atoms with E-state index < -0.39 is 29.5 Å². The molecule has 0 amide bonds. The van der Waals surface area contributed by atoms with Gasteiger partial charge in [0.15, 0.2) is 5.92 Å². The lowest BCUT2D eigenvalue weighted by Crippen LogP contribution is -2.48. The van der Waals surface area contributed by atoms with Crippen LogP contribution in [0, 0.1) is 11.8 Å². The van der Waals surface area contributed by atoms with Gasteiger partial charge in [0.05, 0.1) is 0 Å². The molecule has 0 aromatic carbocycles. The van der Waals surface area contributed by atoms with Crippen molar-refractivity contribution in [3.63, 3.8) is 0 Å². The molecular weight excluding hydrogens is 222 g/mol. The number of ether oxygens (including phenoxy) is 1. The molecule has 0 aromatic rings. The predicted octanol–water partition coefficient (Wildman–Crippen LogP) is 1.27. The molecule has 0 saturated carbocycles. The first-order chi connectivity index (χ1) is 7.60. The highest BCUT2D eigenvalue weighted by molar-refractivity contribution is 5.95. The number of esters is 1. The lowest BCUT2D eigenvalue weighted by molar-refractivity contribution is -0.168. The van der Waals surface area contributed by atoms with Gasteiger partial charge in [-0.2, -0.15) is 0 Å². The van der Waals surface area contributed by atoms with Crippen molar-refractivity contribution in [2.75, 3.05) is 7.05 Å². The van der Waals surface area contributed by atoms with Crippen LogP contribution in [0.15, 0.2) is 0 Å². The molecule has 0 aromatic heterocycles. The largest absolute Gasteiger partial charge is 0.481 e. The van der Waals surface area contributed by atoms with Gasteiger partial charge in [0, 0.05) is 6.04 Å². The zero-order valence-corrected chi connectivity index (χ0v) is 11.4. The number of carboxylic acids is 1. The Hall–Kier alpha value is -1.10. The monoisotopic (exact) mass is 245 g/mol. The van der Waals surface area contributed by atoms with E-state index in [1.54, 1.807) is 27.8 Å². The van der Waals surface area contributed by atoms with Gasteiger partial charge in [-0.1, -0.05) is 13.8 Å². The minimum absolute atomic E-state index is 0.0219. The minimum Gasteiger partial charge on any atom is -0.481 e. The molecule has 2 atom stereocenters. The van der Waals surface area contributed by atoms with E-state index in [0.29, 0.717) is 0 Å². The molecule has 17 heavy (non-hydrogen) atoms. The van der Waals surface area contributed by atoms with E-state index in [4.69, 9.17) is 9.84 Å². The van der Waals surface area contributed by atoms with E-state index in [-0.39, 0.29) is 5.92 Å². The average Bonchev–Trinajstić information content (AvgIpc) is 2.08.